The number of benzene rings is 2. The zero-order valence-corrected chi connectivity index (χ0v) is 13.7. The first-order valence-electron chi connectivity index (χ1n) is 8.20. The summed E-state index contributed by atoms with van der Waals surface area (Å²) in [6.45, 7) is 2.20. The van der Waals surface area contributed by atoms with Crippen LogP contribution in [0.25, 0.3) is 0 Å². The van der Waals surface area contributed by atoms with Crippen LogP contribution in [0.4, 0.5) is 0 Å². The van der Waals surface area contributed by atoms with Crippen LogP contribution in [0.1, 0.15) is 42.0 Å². The predicted molar refractivity (Wildman–Crippen MR) is 93.1 cm³/mol. The standard InChI is InChI=1S/C20H25NO2/c1-16-9-11-17(12-10-16)13-14-20(23)21-19(8-5-15-22)18-6-3-2-4-7-18/h2-4,6-7,9-12,19,22H,5,8,13-15H2,1H3,(H,21,23). The molecule has 0 aliphatic heterocycles. The monoisotopic (exact) mass is 311 g/mol. The topological polar surface area (TPSA) is 49.3 Å². The number of aliphatic hydroxyl groups is 1. The highest BCUT2D eigenvalue weighted by atomic mass is 16.3. The SMILES string of the molecule is Cc1ccc(CCC(=O)NC(CCCO)c2ccccc2)cc1. The summed E-state index contributed by atoms with van der Waals surface area (Å²) in [5, 5.41) is 12.2. The summed E-state index contributed by atoms with van der Waals surface area (Å²) >= 11 is 0. The minimum absolute atomic E-state index is 0.0335. The van der Waals surface area contributed by atoms with Gasteiger partial charge in [-0.3, -0.25) is 4.79 Å². The van der Waals surface area contributed by atoms with E-state index in [4.69, 9.17) is 5.11 Å². The van der Waals surface area contributed by atoms with E-state index in [1.807, 2.05) is 30.3 Å². The van der Waals surface area contributed by atoms with Gasteiger partial charge in [-0.25, -0.2) is 0 Å². The molecule has 23 heavy (non-hydrogen) atoms. The molecular weight excluding hydrogens is 286 g/mol. The van der Waals surface area contributed by atoms with E-state index in [9.17, 15) is 4.79 Å². The van der Waals surface area contributed by atoms with Crippen LogP contribution in [0, 0.1) is 6.92 Å². The van der Waals surface area contributed by atoms with Gasteiger partial charge in [-0.1, -0.05) is 60.2 Å². The summed E-state index contributed by atoms with van der Waals surface area (Å²) < 4.78 is 0. The van der Waals surface area contributed by atoms with Gasteiger partial charge in [0.1, 0.15) is 0 Å². The first-order chi connectivity index (χ1) is 11.2. The second-order valence-corrected chi connectivity index (χ2v) is 5.88. The first kappa shape index (κ1) is 17.2. The van der Waals surface area contributed by atoms with Crippen LogP contribution in [-0.2, 0) is 11.2 Å². The fourth-order valence-corrected chi connectivity index (χ4v) is 2.58. The molecule has 1 unspecified atom stereocenters. The second kappa shape index (κ2) is 9.11. The number of nitrogens with one attached hydrogen (secondary N) is 1. The number of carbonyl (C=O) groups excluding carboxylic acids is 1. The quantitative estimate of drug-likeness (QED) is 0.783. The zero-order chi connectivity index (χ0) is 16.5. The van der Waals surface area contributed by atoms with E-state index in [-0.39, 0.29) is 18.6 Å². The molecule has 1 atom stereocenters. The fraction of sp³-hybridized carbons (Fsp3) is 0.350. The minimum atomic E-state index is -0.0335. The molecule has 0 aliphatic carbocycles. The maximum Gasteiger partial charge on any atom is 0.220 e. The number of aryl methyl sites for hydroxylation is 2. The number of amides is 1. The molecule has 0 aromatic heterocycles. The summed E-state index contributed by atoms with van der Waals surface area (Å²) in [6.07, 6.45) is 2.65. The predicted octanol–water partition coefficient (Wildman–Crippen LogP) is 3.56. The van der Waals surface area contributed by atoms with E-state index in [1.165, 1.54) is 11.1 Å². The van der Waals surface area contributed by atoms with Gasteiger partial charge in [0.05, 0.1) is 6.04 Å². The molecule has 2 aromatic rings. The Kier molecular flexibility index (Phi) is 6.82. The normalized spacial score (nSPS) is 11.9. The number of aliphatic hydroxyl groups excluding tert-OH is 1. The van der Waals surface area contributed by atoms with Crippen molar-refractivity contribution in [2.75, 3.05) is 6.61 Å². The molecule has 1 amide bonds. The van der Waals surface area contributed by atoms with E-state index in [2.05, 4.69) is 36.5 Å². The molecule has 2 aromatic carbocycles. The lowest BCUT2D eigenvalue weighted by Crippen LogP contribution is -2.29. The Morgan fingerprint density at radius 2 is 1.78 bits per heavy atom. The van der Waals surface area contributed by atoms with Crippen LogP contribution in [0.15, 0.2) is 54.6 Å². The molecule has 0 fully saturated rings. The highest BCUT2D eigenvalue weighted by Crippen LogP contribution is 2.18. The fourth-order valence-electron chi connectivity index (χ4n) is 2.58. The number of rotatable bonds is 8. The first-order valence-corrected chi connectivity index (χ1v) is 8.20. The number of carbonyl (C=O) groups is 1. The Bertz CT molecular complexity index is 593. The van der Waals surface area contributed by atoms with Gasteiger partial charge in [-0.05, 0) is 37.3 Å². The molecule has 0 spiro atoms. The Morgan fingerprint density at radius 3 is 2.43 bits per heavy atom. The largest absolute Gasteiger partial charge is 0.396 e. The minimum Gasteiger partial charge on any atom is -0.396 e. The lowest BCUT2D eigenvalue weighted by atomic mass is 10.0. The van der Waals surface area contributed by atoms with Crippen molar-refractivity contribution in [1.82, 2.24) is 5.32 Å². The lowest BCUT2D eigenvalue weighted by Gasteiger charge is -2.19. The van der Waals surface area contributed by atoms with Gasteiger partial charge in [0, 0.05) is 13.0 Å². The van der Waals surface area contributed by atoms with Crippen molar-refractivity contribution >= 4 is 5.91 Å². The molecule has 0 saturated carbocycles. The average molecular weight is 311 g/mol. The van der Waals surface area contributed by atoms with Gasteiger partial charge in [-0.2, -0.15) is 0 Å². The maximum atomic E-state index is 12.3. The maximum absolute atomic E-state index is 12.3. The molecule has 0 bridgehead atoms. The smallest absolute Gasteiger partial charge is 0.220 e. The van der Waals surface area contributed by atoms with Gasteiger partial charge in [-0.15, -0.1) is 0 Å². The van der Waals surface area contributed by atoms with Crippen molar-refractivity contribution in [3.05, 3.63) is 71.3 Å². The molecule has 2 rings (SSSR count). The molecule has 122 valence electrons. The third kappa shape index (κ3) is 5.87. The average Bonchev–Trinajstić information content (AvgIpc) is 2.59. The highest BCUT2D eigenvalue weighted by Gasteiger charge is 2.14. The highest BCUT2D eigenvalue weighted by molar-refractivity contribution is 5.76. The van der Waals surface area contributed by atoms with Gasteiger partial charge < -0.3 is 10.4 Å². The van der Waals surface area contributed by atoms with Crippen LogP contribution in [0.3, 0.4) is 0 Å². The van der Waals surface area contributed by atoms with Crippen LogP contribution in [0.2, 0.25) is 0 Å². The van der Waals surface area contributed by atoms with E-state index in [0.717, 1.165) is 18.4 Å². The number of hydrogen-bond donors (Lipinski definition) is 2. The lowest BCUT2D eigenvalue weighted by molar-refractivity contribution is -0.121. The van der Waals surface area contributed by atoms with Gasteiger partial charge in [0.15, 0.2) is 0 Å². The molecule has 0 aliphatic rings. The van der Waals surface area contributed by atoms with E-state index in [0.29, 0.717) is 12.8 Å². The van der Waals surface area contributed by atoms with E-state index >= 15 is 0 Å². The van der Waals surface area contributed by atoms with Crippen molar-refractivity contribution in [1.29, 1.82) is 0 Å². The summed E-state index contributed by atoms with van der Waals surface area (Å²) in [7, 11) is 0. The van der Waals surface area contributed by atoms with Crippen LogP contribution in [-0.4, -0.2) is 17.6 Å². The molecule has 0 saturated heterocycles. The van der Waals surface area contributed by atoms with Crippen molar-refractivity contribution in [3.63, 3.8) is 0 Å². The molecule has 2 N–H and O–H groups in total. The van der Waals surface area contributed by atoms with Crippen LogP contribution < -0.4 is 5.32 Å². The van der Waals surface area contributed by atoms with Crippen molar-refractivity contribution in [3.8, 4) is 0 Å². The van der Waals surface area contributed by atoms with E-state index < -0.39 is 0 Å². The Morgan fingerprint density at radius 1 is 1.09 bits per heavy atom. The van der Waals surface area contributed by atoms with Gasteiger partial charge in [0.2, 0.25) is 5.91 Å². The van der Waals surface area contributed by atoms with Crippen molar-refractivity contribution in [2.24, 2.45) is 0 Å². The third-order valence-corrected chi connectivity index (χ3v) is 3.95. The molecular formula is C20H25NO2. The van der Waals surface area contributed by atoms with Crippen molar-refractivity contribution < 1.29 is 9.90 Å². The summed E-state index contributed by atoms with van der Waals surface area (Å²) in [6, 6.07) is 18.2. The third-order valence-electron chi connectivity index (χ3n) is 3.95. The van der Waals surface area contributed by atoms with E-state index in [1.54, 1.807) is 0 Å². The number of hydrogen-bond acceptors (Lipinski definition) is 2. The molecule has 3 heteroatoms. The van der Waals surface area contributed by atoms with Crippen LogP contribution in [0.5, 0.6) is 0 Å². The Labute approximate surface area is 138 Å². The molecule has 0 heterocycles. The zero-order valence-electron chi connectivity index (χ0n) is 13.7. The Hall–Kier alpha value is -2.13. The van der Waals surface area contributed by atoms with Gasteiger partial charge in [0.25, 0.3) is 0 Å². The Balaban J connectivity index is 1.90. The van der Waals surface area contributed by atoms with Gasteiger partial charge >= 0.3 is 0 Å². The summed E-state index contributed by atoms with van der Waals surface area (Å²) in [4.78, 5) is 12.3. The molecule has 3 nitrogen and oxygen atoms in total. The van der Waals surface area contributed by atoms with Crippen LogP contribution >= 0.6 is 0 Å². The molecule has 0 radical (unpaired) electrons. The van der Waals surface area contributed by atoms with Crippen molar-refractivity contribution in [2.45, 2.75) is 38.6 Å². The summed E-state index contributed by atoms with van der Waals surface area (Å²) in [5.41, 5.74) is 3.49. The second-order valence-electron chi connectivity index (χ2n) is 5.88. The summed E-state index contributed by atoms with van der Waals surface area (Å²) in [5.74, 6) is 0.0531.